The number of ether oxygens (including phenoxy) is 1. The summed E-state index contributed by atoms with van der Waals surface area (Å²) < 4.78 is 33.4. The number of aromatic nitrogens is 1. The summed E-state index contributed by atoms with van der Waals surface area (Å²) in [6.07, 6.45) is 1.61. The number of benzene rings is 1. The molecule has 1 aromatic carbocycles. The maximum Gasteiger partial charge on any atom is 0.244 e. The van der Waals surface area contributed by atoms with Gasteiger partial charge in [0.05, 0.1) is 23.3 Å². The predicted octanol–water partition coefficient (Wildman–Crippen LogP) is 3.55. The molecule has 118 valence electrons. The highest BCUT2D eigenvalue weighted by atomic mass is 79.9. The van der Waals surface area contributed by atoms with Crippen molar-refractivity contribution >= 4 is 37.6 Å². The molecule has 0 radical (unpaired) electrons. The van der Waals surface area contributed by atoms with E-state index in [0.29, 0.717) is 15.2 Å². The zero-order valence-electron chi connectivity index (χ0n) is 11.9. The van der Waals surface area contributed by atoms with Crippen LogP contribution in [0.25, 0.3) is 0 Å². The van der Waals surface area contributed by atoms with Crippen LogP contribution in [-0.4, -0.2) is 20.5 Å². The standard InChI is InChI=1S/C14H14BrClN2O3S/c1-9(12-5-3-4-6-17-12)18-22(19,20)13-8-10(16)7-11(15)14(13)21-2/h3-9,18H,1-2H3. The van der Waals surface area contributed by atoms with E-state index < -0.39 is 16.1 Å². The number of nitrogens with one attached hydrogen (secondary N) is 1. The molecule has 0 spiro atoms. The summed E-state index contributed by atoms with van der Waals surface area (Å²) in [6, 6.07) is 7.73. The molecule has 2 rings (SSSR count). The molecule has 22 heavy (non-hydrogen) atoms. The van der Waals surface area contributed by atoms with Gasteiger partial charge in [-0.25, -0.2) is 13.1 Å². The molecule has 8 heteroatoms. The molecule has 1 atom stereocenters. The largest absolute Gasteiger partial charge is 0.494 e. The Bertz CT molecular complexity index is 769. The van der Waals surface area contributed by atoms with Crippen LogP contribution >= 0.6 is 27.5 Å². The molecule has 0 bridgehead atoms. The molecule has 0 aliphatic carbocycles. The maximum atomic E-state index is 12.6. The van der Waals surface area contributed by atoms with Crippen molar-refractivity contribution in [1.29, 1.82) is 0 Å². The molecule has 0 amide bonds. The third kappa shape index (κ3) is 3.78. The van der Waals surface area contributed by atoms with Gasteiger partial charge in [0, 0.05) is 11.2 Å². The van der Waals surface area contributed by atoms with Crippen LogP contribution in [0.1, 0.15) is 18.7 Å². The highest BCUT2D eigenvalue weighted by molar-refractivity contribution is 9.10. The van der Waals surface area contributed by atoms with Crippen molar-refractivity contribution in [3.63, 3.8) is 0 Å². The summed E-state index contributed by atoms with van der Waals surface area (Å²) in [5.41, 5.74) is 0.617. The van der Waals surface area contributed by atoms with Crippen molar-refractivity contribution in [2.75, 3.05) is 7.11 Å². The zero-order valence-corrected chi connectivity index (χ0v) is 15.0. The fourth-order valence-corrected chi connectivity index (χ4v) is 4.52. The van der Waals surface area contributed by atoms with Gasteiger partial charge in [-0.2, -0.15) is 0 Å². The monoisotopic (exact) mass is 404 g/mol. The Kier molecular flexibility index (Phi) is 5.44. The van der Waals surface area contributed by atoms with Gasteiger partial charge >= 0.3 is 0 Å². The minimum Gasteiger partial charge on any atom is -0.494 e. The average molecular weight is 406 g/mol. The molecule has 5 nitrogen and oxygen atoms in total. The number of methoxy groups -OCH3 is 1. The maximum absolute atomic E-state index is 12.6. The average Bonchev–Trinajstić information content (AvgIpc) is 2.47. The van der Waals surface area contributed by atoms with Crippen LogP contribution in [0.3, 0.4) is 0 Å². The van der Waals surface area contributed by atoms with E-state index in [1.54, 1.807) is 37.4 Å². The molecule has 1 heterocycles. The number of sulfonamides is 1. The van der Waals surface area contributed by atoms with E-state index in [-0.39, 0.29) is 10.6 Å². The second kappa shape index (κ2) is 6.95. The van der Waals surface area contributed by atoms with Crippen molar-refractivity contribution in [1.82, 2.24) is 9.71 Å². The molecule has 2 aromatic rings. The molecule has 0 aliphatic heterocycles. The van der Waals surface area contributed by atoms with Crippen molar-refractivity contribution in [2.45, 2.75) is 17.9 Å². The summed E-state index contributed by atoms with van der Waals surface area (Å²) in [5.74, 6) is 0.199. The van der Waals surface area contributed by atoms with Gasteiger partial charge in [0.2, 0.25) is 10.0 Å². The van der Waals surface area contributed by atoms with Crippen LogP contribution < -0.4 is 9.46 Å². The van der Waals surface area contributed by atoms with Crippen LogP contribution in [0.15, 0.2) is 45.9 Å². The van der Waals surface area contributed by atoms with Gasteiger partial charge in [0.1, 0.15) is 4.90 Å². The summed E-state index contributed by atoms with van der Waals surface area (Å²) in [5, 5.41) is 0.290. The number of pyridine rings is 1. The lowest BCUT2D eigenvalue weighted by molar-refractivity contribution is 0.399. The highest BCUT2D eigenvalue weighted by Crippen LogP contribution is 2.35. The number of hydrogen-bond acceptors (Lipinski definition) is 4. The van der Waals surface area contributed by atoms with Crippen molar-refractivity contribution in [2.24, 2.45) is 0 Å². The van der Waals surface area contributed by atoms with E-state index in [9.17, 15) is 8.42 Å². The first-order chi connectivity index (χ1) is 10.3. The Morgan fingerprint density at radius 1 is 1.36 bits per heavy atom. The minimum absolute atomic E-state index is 0.0304. The fourth-order valence-electron chi connectivity index (χ4n) is 1.92. The van der Waals surface area contributed by atoms with E-state index in [1.807, 2.05) is 0 Å². The molecule has 0 fully saturated rings. The van der Waals surface area contributed by atoms with Gasteiger partial charge in [-0.1, -0.05) is 17.7 Å². The Hall–Kier alpha value is -1.15. The molecular formula is C14H14BrClN2O3S. The van der Waals surface area contributed by atoms with E-state index in [2.05, 4.69) is 25.6 Å². The van der Waals surface area contributed by atoms with Gasteiger partial charge in [0.15, 0.2) is 5.75 Å². The van der Waals surface area contributed by atoms with Gasteiger partial charge in [-0.3, -0.25) is 4.98 Å². The number of nitrogens with zero attached hydrogens (tertiary/aromatic N) is 1. The first-order valence-electron chi connectivity index (χ1n) is 6.31. The van der Waals surface area contributed by atoms with Gasteiger partial charge in [0.25, 0.3) is 0 Å². The lowest BCUT2D eigenvalue weighted by Crippen LogP contribution is -2.27. The second-order valence-corrected chi connectivity index (χ2v) is 7.49. The minimum atomic E-state index is -3.82. The van der Waals surface area contributed by atoms with E-state index >= 15 is 0 Å². The summed E-state index contributed by atoms with van der Waals surface area (Å²) in [7, 11) is -2.43. The van der Waals surface area contributed by atoms with Crippen molar-refractivity contribution in [3.05, 3.63) is 51.7 Å². The van der Waals surface area contributed by atoms with E-state index in [4.69, 9.17) is 16.3 Å². The number of halogens is 2. The third-order valence-electron chi connectivity index (χ3n) is 2.93. The Morgan fingerprint density at radius 3 is 2.68 bits per heavy atom. The summed E-state index contributed by atoms with van der Waals surface area (Å²) in [4.78, 5) is 4.11. The van der Waals surface area contributed by atoms with Gasteiger partial charge in [-0.15, -0.1) is 0 Å². The van der Waals surface area contributed by atoms with Crippen molar-refractivity contribution in [3.8, 4) is 5.75 Å². The van der Waals surface area contributed by atoms with Gasteiger partial charge in [-0.05, 0) is 47.1 Å². The third-order valence-corrected chi connectivity index (χ3v) is 5.28. The SMILES string of the molecule is COc1c(Br)cc(Cl)cc1S(=O)(=O)NC(C)c1ccccn1. The number of hydrogen-bond donors (Lipinski definition) is 1. The Labute approximate surface area is 142 Å². The molecule has 0 saturated heterocycles. The lowest BCUT2D eigenvalue weighted by atomic mass is 10.2. The molecule has 0 aliphatic rings. The zero-order chi connectivity index (χ0) is 16.3. The predicted molar refractivity (Wildman–Crippen MR) is 88.7 cm³/mol. The molecule has 0 saturated carbocycles. The Morgan fingerprint density at radius 2 is 2.09 bits per heavy atom. The smallest absolute Gasteiger partial charge is 0.244 e. The lowest BCUT2D eigenvalue weighted by Gasteiger charge is -2.16. The molecular weight excluding hydrogens is 392 g/mol. The van der Waals surface area contributed by atoms with Crippen molar-refractivity contribution < 1.29 is 13.2 Å². The molecule has 1 N–H and O–H groups in total. The first kappa shape index (κ1) is 17.2. The van der Waals surface area contributed by atoms with Crippen LogP contribution in [0.5, 0.6) is 5.75 Å². The normalized spacial score (nSPS) is 12.9. The van der Waals surface area contributed by atoms with Crippen LogP contribution in [0.2, 0.25) is 5.02 Å². The molecule has 1 unspecified atom stereocenters. The van der Waals surface area contributed by atoms with E-state index in [1.165, 1.54) is 13.2 Å². The van der Waals surface area contributed by atoms with Gasteiger partial charge < -0.3 is 4.74 Å². The second-order valence-electron chi connectivity index (χ2n) is 4.52. The summed E-state index contributed by atoms with van der Waals surface area (Å²) in [6.45, 7) is 1.71. The topological polar surface area (TPSA) is 68.3 Å². The molecule has 1 aromatic heterocycles. The fraction of sp³-hybridized carbons (Fsp3) is 0.214. The summed E-state index contributed by atoms with van der Waals surface area (Å²) >= 11 is 9.20. The van der Waals surface area contributed by atoms with Crippen LogP contribution in [-0.2, 0) is 10.0 Å². The van der Waals surface area contributed by atoms with Crippen LogP contribution in [0.4, 0.5) is 0 Å². The quantitative estimate of drug-likeness (QED) is 0.826. The Balaban J connectivity index is 2.39. The highest BCUT2D eigenvalue weighted by Gasteiger charge is 2.25. The van der Waals surface area contributed by atoms with Crippen LogP contribution in [0, 0.1) is 0 Å². The first-order valence-corrected chi connectivity index (χ1v) is 8.97. The number of rotatable bonds is 5. The van der Waals surface area contributed by atoms with E-state index in [0.717, 1.165) is 0 Å².